The average Bonchev–Trinajstić information content (AvgIpc) is 2.37. The summed E-state index contributed by atoms with van der Waals surface area (Å²) in [5.41, 5.74) is 5.97. The van der Waals surface area contributed by atoms with Gasteiger partial charge in [-0.15, -0.1) is 0 Å². The van der Waals surface area contributed by atoms with Crippen molar-refractivity contribution in [1.82, 2.24) is 5.32 Å². The molecule has 1 aromatic carbocycles. The number of carbonyl (C=O) groups excluding carboxylic acids is 1. The Morgan fingerprint density at radius 1 is 1.47 bits per heavy atom. The van der Waals surface area contributed by atoms with E-state index in [9.17, 15) is 13.2 Å². The van der Waals surface area contributed by atoms with E-state index in [-0.39, 0.29) is 23.9 Å². The summed E-state index contributed by atoms with van der Waals surface area (Å²) in [6.45, 7) is 0.238. The number of carbonyl (C=O) groups is 1. The molecule has 0 saturated heterocycles. The lowest BCUT2D eigenvalue weighted by molar-refractivity contribution is -0.130. The van der Waals surface area contributed by atoms with Gasteiger partial charge in [-0.05, 0) is 17.7 Å². The lowest BCUT2D eigenvalue weighted by atomic mass is 10.2. The van der Waals surface area contributed by atoms with Crippen LogP contribution in [-0.2, 0) is 26.1 Å². The zero-order valence-electron chi connectivity index (χ0n) is 10.5. The van der Waals surface area contributed by atoms with Gasteiger partial charge in [0.25, 0.3) is 5.91 Å². The van der Waals surface area contributed by atoms with Gasteiger partial charge in [0.05, 0.1) is 4.90 Å². The lowest BCUT2D eigenvalue weighted by Crippen LogP contribution is -2.40. The van der Waals surface area contributed by atoms with Gasteiger partial charge in [0.2, 0.25) is 10.0 Å². The van der Waals surface area contributed by atoms with E-state index in [2.05, 4.69) is 5.32 Å². The summed E-state index contributed by atoms with van der Waals surface area (Å²) in [4.78, 5) is 11.6. The molecule has 1 aromatic rings. The Kier molecular flexibility index (Phi) is 5.43. The van der Waals surface area contributed by atoms with E-state index in [1.807, 2.05) is 0 Å². The van der Waals surface area contributed by atoms with Crippen molar-refractivity contribution in [3.63, 3.8) is 0 Å². The summed E-state index contributed by atoms with van der Waals surface area (Å²) in [7, 11) is -2.36. The van der Waals surface area contributed by atoms with Crippen LogP contribution in [0.15, 0.2) is 29.2 Å². The van der Waals surface area contributed by atoms with E-state index in [1.165, 1.54) is 19.2 Å². The van der Waals surface area contributed by atoms with E-state index < -0.39 is 16.1 Å². The molecule has 5 N–H and O–H groups in total. The van der Waals surface area contributed by atoms with E-state index in [1.54, 1.807) is 12.1 Å². The minimum Gasteiger partial charge on any atom is -0.370 e. The largest absolute Gasteiger partial charge is 0.370 e. The summed E-state index contributed by atoms with van der Waals surface area (Å²) in [5.74, 6) is -0.356. The van der Waals surface area contributed by atoms with Crippen LogP contribution in [-0.4, -0.2) is 34.1 Å². The second-order valence-corrected chi connectivity index (χ2v) is 5.43. The zero-order valence-corrected chi connectivity index (χ0v) is 11.3. The Morgan fingerprint density at radius 2 is 2.16 bits per heavy atom. The van der Waals surface area contributed by atoms with Crippen LogP contribution in [0.4, 0.5) is 0 Å². The molecular weight excluding hydrogens is 270 g/mol. The molecule has 0 saturated carbocycles. The van der Waals surface area contributed by atoms with Crippen molar-refractivity contribution in [1.29, 1.82) is 0 Å². The molecule has 1 amide bonds. The Hall–Kier alpha value is -1.48. The van der Waals surface area contributed by atoms with E-state index in [0.29, 0.717) is 5.56 Å². The molecule has 19 heavy (non-hydrogen) atoms. The molecule has 0 aliphatic heterocycles. The molecule has 0 radical (unpaired) electrons. The standard InChI is InChI=1S/C11H17N3O4S/c1-18-10(6-12)11(15)14-7-8-3-2-4-9(5-8)19(13,16)17/h2-5,10H,6-7,12H2,1H3,(H,14,15)(H2,13,16,17). The maximum Gasteiger partial charge on any atom is 0.250 e. The van der Waals surface area contributed by atoms with Crippen LogP contribution in [0.2, 0.25) is 0 Å². The highest BCUT2D eigenvalue weighted by atomic mass is 32.2. The number of nitrogens with two attached hydrogens (primary N) is 2. The summed E-state index contributed by atoms with van der Waals surface area (Å²) in [6, 6.07) is 6.02. The van der Waals surface area contributed by atoms with Gasteiger partial charge in [-0.3, -0.25) is 4.79 Å². The van der Waals surface area contributed by atoms with Crippen molar-refractivity contribution in [2.75, 3.05) is 13.7 Å². The van der Waals surface area contributed by atoms with Crippen LogP contribution in [0.5, 0.6) is 0 Å². The first-order chi connectivity index (χ1) is 8.88. The molecule has 0 bridgehead atoms. The van der Waals surface area contributed by atoms with Crippen LogP contribution < -0.4 is 16.2 Å². The minimum absolute atomic E-state index is 0.00126. The fourth-order valence-electron chi connectivity index (χ4n) is 1.45. The Bertz CT molecular complexity index is 541. The van der Waals surface area contributed by atoms with E-state index in [4.69, 9.17) is 15.6 Å². The van der Waals surface area contributed by atoms with Crippen molar-refractivity contribution in [2.24, 2.45) is 10.9 Å². The molecule has 1 unspecified atom stereocenters. The molecule has 0 aliphatic rings. The van der Waals surface area contributed by atoms with Crippen LogP contribution in [0.3, 0.4) is 0 Å². The van der Waals surface area contributed by atoms with Gasteiger partial charge < -0.3 is 15.8 Å². The quantitative estimate of drug-likeness (QED) is 0.614. The summed E-state index contributed by atoms with van der Waals surface area (Å²) < 4.78 is 27.2. The highest BCUT2D eigenvalue weighted by molar-refractivity contribution is 7.89. The number of benzene rings is 1. The molecular formula is C11H17N3O4S. The van der Waals surface area contributed by atoms with Crippen LogP contribution in [0, 0.1) is 0 Å². The summed E-state index contributed by atoms with van der Waals surface area (Å²) >= 11 is 0. The summed E-state index contributed by atoms with van der Waals surface area (Å²) in [5, 5.41) is 7.62. The van der Waals surface area contributed by atoms with Crippen LogP contribution in [0.1, 0.15) is 5.56 Å². The van der Waals surface area contributed by atoms with Gasteiger partial charge in [0.15, 0.2) is 0 Å². The Morgan fingerprint density at radius 3 is 2.68 bits per heavy atom. The van der Waals surface area contributed by atoms with Crippen molar-refractivity contribution in [3.05, 3.63) is 29.8 Å². The van der Waals surface area contributed by atoms with Crippen molar-refractivity contribution in [2.45, 2.75) is 17.5 Å². The number of rotatable bonds is 6. The molecule has 0 spiro atoms. The molecule has 1 rings (SSSR count). The molecule has 1 atom stereocenters. The van der Waals surface area contributed by atoms with Gasteiger partial charge in [-0.25, -0.2) is 13.6 Å². The van der Waals surface area contributed by atoms with Crippen LogP contribution >= 0.6 is 0 Å². The smallest absolute Gasteiger partial charge is 0.250 e. The first-order valence-electron chi connectivity index (χ1n) is 5.50. The minimum atomic E-state index is -3.75. The topological polar surface area (TPSA) is 125 Å². The van der Waals surface area contributed by atoms with Gasteiger partial charge >= 0.3 is 0 Å². The van der Waals surface area contributed by atoms with E-state index >= 15 is 0 Å². The first kappa shape index (κ1) is 15.6. The number of nitrogens with one attached hydrogen (secondary N) is 1. The monoisotopic (exact) mass is 287 g/mol. The maximum atomic E-state index is 11.6. The fourth-order valence-corrected chi connectivity index (χ4v) is 2.03. The SMILES string of the molecule is COC(CN)C(=O)NCc1cccc(S(N)(=O)=O)c1. The van der Waals surface area contributed by atoms with E-state index in [0.717, 1.165) is 0 Å². The predicted octanol–water partition coefficient (Wildman–Crippen LogP) is -1.08. The molecule has 0 aliphatic carbocycles. The lowest BCUT2D eigenvalue weighted by Gasteiger charge is -2.13. The number of hydrogen-bond donors (Lipinski definition) is 3. The van der Waals surface area contributed by atoms with Crippen LogP contribution in [0.25, 0.3) is 0 Å². The Balaban J connectivity index is 2.71. The fraction of sp³-hybridized carbons (Fsp3) is 0.364. The van der Waals surface area contributed by atoms with Gasteiger partial charge in [0.1, 0.15) is 6.10 Å². The zero-order chi connectivity index (χ0) is 14.5. The second kappa shape index (κ2) is 6.62. The maximum absolute atomic E-state index is 11.6. The molecule has 0 aromatic heterocycles. The van der Waals surface area contributed by atoms with Crippen molar-refractivity contribution < 1.29 is 17.9 Å². The number of methoxy groups -OCH3 is 1. The Labute approximate surface area is 112 Å². The molecule has 0 fully saturated rings. The number of ether oxygens (including phenoxy) is 1. The molecule has 7 nitrogen and oxygen atoms in total. The number of primary sulfonamides is 1. The van der Waals surface area contributed by atoms with Gasteiger partial charge in [-0.2, -0.15) is 0 Å². The molecule has 106 valence electrons. The average molecular weight is 287 g/mol. The highest BCUT2D eigenvalue weighted by Gasteiger charge is 2.15. The predicted molar refractivity (Wildman–Crippen MR) is 69.5 cm³/mol. The first-order valence-corrected chi connectivity index (χ1v) is 7.05. The van der Waals surface area contributed by atoms with Gasteiger partial charge in [0, 0.05) is 20.2 Å². The molecule has 0 heterocycles. The highest BCUT2D eigenvalue weighted by Crippen LogP contribution is 2.09. The summed E-state index contributed by atoms with van der Waals surface area (Å²) in [6.07, 6.45) is -0.721. The van der Waals surface area contributed by atoms with Crippen molar-refractivity contribution in [3.8, 4) is 0 Å². The normalized spacial score (nSPS) is 13.0. The second-order valence-electron chi connectivity index (χ2n) is 3.87. The molecule has 8 heteroatoms. The third kappa shape index (κ3) is 4.60. The number of sulfonamides is 1. The third-order valence-electron chi connectivity index (χ3n) is 2.48. The number of amides is 1. The number of hydrogen-bond acceptors (Lipinski definition) is 5. The third-order valence-corrected chi connectivity index (χ3v) is 3.40. The van der Waals surface area contributed by atoms with Gasteiger partial charge in [-0.1, -0.05) is 12.1 Å². The van der Waals surface area contributed by atoms with Crippen molar-refractivity contribution >= 4 is 15.9 Å².